The van der Waals surface area contributed by atoms with Crippen molar-refractivity contribution in [1.29, 1.82) is 0 Å². The highest BCUT2D eigenvalue weighted by Gasteiger charge is 2.33. The highest BCUT2D eigenvalue weighted by Crippen LogP contribution is 2.28. The van der Waals surface area contributed by atoms with E-state index in [0.717, 1.165) is 49.4 Å². The number of carbonyl (C=O) groups excluding carboxylic acids is 1. The average Bonchev–Trinajstić information content (AvgIpc) is 3.18. The number of rotatable bonds is 7. The van der Waals surface area contributed by atoms with Crippen LogP contribution in [0, 0.1) is 0 Å². The minimum Gasteiger partial charge on any atom is -0.394 e. The molecule has 7 nitrogen and oxygen atoms in total. The third-order valence-electron chi connectivity index (χ3n) is 7.08. The number of fused-ring (bicyclic) bond motifs is 1. The fourth-order valence-corrected chi connectivity index (χ4v) is 5.14. The fourth-order valence-electron chi connectivity index (χ4n) is 5.14. The van der Waals surface area contributed by atoms with Gasteiger partial charge in [-0.25, -0.2) is 0 Å². The molecule has 2 N–H and O–H groups in total. The van der Waals surface area contributed by atoms with E-state index in [-0.39, 0.29) is 18.6 Å². The van der Waals surface area contributed by atoms with Gasteiger partial charge in [-0.3, -0.25) is 14.4 Å². The van der Waals surface area contributed by atoms with E-state index < -0.39 is 0 Å². The topological polar surface area (TPSA) is 73.6 Å². The summed E-state index contributed by atoms with van der Waals surface area (Å²) < 4.78 is 1.84. The third kappa shape index (κ3) is 4.90. The van der Waals surface area contributed by atoms with Gasteiger partial charge in [-0.2, -0.15) is 5.10 Å². The van der Waals surface area contributed by atoms with Crippen LogP contribution in [0.4, 0.5) is 0 Å². The summed E-state index contributed by atoms with van der Waals surface area (Å²) >= 11 is 0. The van der Waals surface area contributed by atoms with E-state index in [1.807, 2.05) is 41.9 Å². The Morgan fingerprint density at radius 1 is 1.16 bits per heavy atom. The highest BCUT2D eigenvalue weighted by molar-refractivity contribution is 5.94. The van der Waals surface area contributed by atoms with Crippen molar-refractivity contribution < 1.29 is 9.90 Å². The van der Waals surface area contributed by atoms with Gasteiger partial charge < -0.3 is 15.3 Å². The number of aliphatic hydroxyl groups excluding tert-OH is 1. The van der Waals surface area contributed by atoms with E-state index in [1.54, 1.807) is 0 Å². The lowest BCUT2D eigenvalue weighted by molar-refractivity contribution is 0.0820. The molecule has 4 rings (SSSR count). The normalized spacial score (nSPS) is 19.2. The smallest absolute Gasteiger partial charge is 0.272 e. The Hall–Kier alpha value is -2.22. The number of aliphatic hydroxyl groups is 1. The largest absolute Gasteiger partial charge is 0.394 e. The van der Waals surface area contributed by atoms with E-state index >= 15 is 0 Å². The lowest BCUT2D eigenvalue weighted by atomic mass is 9.97. The number of nitrogens with one attached hydrogen (secondary N) is 1. The molecule has 1 aromatic heterocycles. The van der Waals surface area contributed by atoms with Gasteiger partial charge >= 0.3 is 0 Å². The van der Waals surface area contributed by atoms with Crippen LogP contribution in [-0.4, -0.2) is 68.9 Å². The zero-order valence-electron chi connectivity index (χ0n) is 19.6. The standard InChI is InChI=1S/C25H37N5O2/c1-18(2)28-12-9-21(10-13-28)29-14-11-23-22(17-29)24(27-30(23)15-16-31)25(32)26-19(3)20-7-5-4-6-8-20/h4-8,18-19,21,31H,9-17H2,1-3H3,(H,26,32)/t19-/m1/s1. The van der Waals surface area contributed by atoms with Gasteiger partial charge in [0, 0.05) is 42.9 Å². The number of hydrogen-bond donors (Lipinski definition) is 2. The quantitative estimate of drug-likeness (QED) is 0.694. The Kier molecular flexibility index (Phi) is 7.28. The maximum absolute atomic E-state index is 13.2. The Balaban J connectivity index is 1.50. The summed E-state index contributed by atoms with van der Waals surface area (Å²) in [6, 6.07) is 11.1. The SMILES string of the molecule is CC(C)N1CCC(N2CCc3c(c(C(=O)N[C@H](C)c4ccccc4)nn3CCO)C2)CC1. The summed E-state index contributed by atoms with van der Waals surface area (Å²) in [5, 5.41) is 17.3. The van der Waals surface area contributed by atoms with Crippen molar-refractivity contribution in [2.45, 2.75) is 71.2 Å². The van der Waals surface area contributed by atoms with Crippen molar-refractivity contribution in [2.75, 3.05) is 26.2 Å². The molecule has 2 aliphatic heterocycles. The number of amides is 1. The molecule has 0 spiro atoms. The fraction of sp³-hybridized carbons (Fsp3) is 0.600. The van der Waals surface area contributed by atoms with Gasteiger partial charge in [-0.15, -0.1) is 0 Å². The van der Waals surface area contributed by atoms with Crippen molar-refractivity contribution in [3.05, 3.63) is 52.8 Å². The van der Waals surface area contributed by atoms with Gasteiger partial charge in [0.25, 0.3) is 5.91 Å². The highest BCUT2D eigenvalue weighted by atomic mass is 16.3. The second-order valence-corrected chi connectivity index (χ2v) is 9.41. The van der Waals surface area contributed by atoms with Crippen LogP contribution in [0.3, 0.4) is 0 Å². The van der Waals surface area contributed by atoms with Gasteiger partial charge in [-0.1, -0.05) is 30.3 Å². The van der Waals surface area contributed by atoms with Crippen LogP contribution < -0.4 is 5.32 Å². The van der Waals surface area contributed by atoms with Crippen molar-refractivity contribution in [2.24, 2.45) is 0 Å². The van der Waals surface area contributed by atoms with Gasteiger partial charge in [0.15, 0.2) is 5.69 Å². The summed E-state index contributed by atoms with van der Waals surface area (Å²) in [5.74, 6) is -0.134. The zero-order valence-corrected chi connectivity index (χ0v) is 19.6. The molecule has 0 aliphatic carbocycles. The molecule has 1 atom stereocenters. The molecular formula is C25H37N5O2. The first kappa shape index (κ1) is 23.0. The Morgan fingerprint density at radius 2 is 1.88 bits per heavy atom. The Bertz CT molecular complexity index is 903. The summed E-state index contributed by atoms with van der Waals surface area (Å²) in [6.45, 7) is 11.0. The van der Waals surface area contributed by atoms with Crippen LogP contribution in [0.1, 0.15) is 67.0 Å². The molecule has 1 fully saturated rings. The first-order valence-electron chi connectivity index (χ1n) is 12.0. The first-order chi connectivity index (χ1) is 15.5. The van der Waals surface area contributed by atoms with Crippen molar-refractivity contribution in [3.63, 3.8) is 0 Å². The molecule has 1 saturated heterocycles. The number of benzene rings is 1. The van der Waals surface area contributed by atoms with Crippen LogP contribution in [0.25, 0.3) is 0 Å². The molecule has 2 aromatic rings. The number of piperidine rings is 1. The molecule has 32 heavy (non-hydrogen) atoms. The molecular weight excluding hydrogens is 402 g/mol. The minimum absolute atomic E-state index is 0.0208. The molecule has 2 aliphatic rings. The predicted octanol–water partition coefficient (Wildman–Crippen LogP) is 2.60. The first-order valence-corrected chi connectivity index (χ1v) is 12.0. The number of nitrogens with zero attached hydrogens (tertiary/aromatic N) is 4. The van der Waals surface area contributed by atoms with Crippen molar-refractivity contribution in [1.82, 2.24) is 24.9 Å². The van der Waals surface area contributed by atoms with Gasteiger partial charge in [0.05, 0.1) is 19.2 Å². The number of likely N-dealkylation sites (tertiary alicyclic amines) is 1. The van der Waals surface area contributed by atoms with E-state index in [2.05, 4.69) is 34.1 Å². The molecule has 1 amide bonds. The number of aromatic nitrogens is 2. The van der Waals surface area contributed by atoms with Crippen LogP contribution in [0.5, 0.6) is 0 Å². The lowest BCUT2D eigenvalue weighted by Crippen LogP contribution is -2.48. The maximum Gasteiger partial charge on any atom is 0.272 e. The number of hydrogen-bond acceptors (Lipinski definition) is 5. The van der Waals surface area contributed by atoms with E-state index in [1.165, 1.54) is 12.8 Å². The molecule has 174 valence electrons. The van der Waals surface area contributed by atoms with Crippen LogP contribution in [0.15, 0.2) is 30.3 Å². The Morgan fingerprint density at radius 3 is 2.53 bits per heavy atom. The molecule has 0 unspecified atom stereocenters. The molecule has 7 heteroatoms. The van der Waals surface area contributed by atoms with Crippen molar-refractivity contribution >= 4 is 5.91 Å². The third-order valence-corrected chi connectivity index (χ3v) is 7.08. The summed E-state index contributed by atoms with van der Waals surface area (Å²) in [7, 11) is 0. The average molecular weight is 440 g/mol. The van der Waals surface area contributed by atoms with Gasteiger partial charge in [0.2, 0.25) is 0 Å². The lowest BCUT2D eigenvalue weighted by Gasteiger charge is -2.41. The molecule has 0 bridgehead atoms. The predicted molar refractivity (Wildman–Crippen MR) is 125 cm³/mol. The number of carbonyl (C=O) groups is 1. The van der Waals surface area contributed by atoms with Crippen LogP contribution >= 0.6 is 0 Å². The second-order valence-electron chi connectivity index (χ2n) is 9.41. The second kappa shape index (κ2) is 10.1. The van der Waals surface area contributed by atoms with Gasteiger partial charge in [0.1, 0.15) is 0 Å². The molecule has 0 radical (unpaired) electrons. The minimum atomic E-state index is -0.134. The van der Waals surface area contributed by atoms with E-state index in [4.69, 9.17) is 0 Å². The van der Waals surface area contributed by atoms with Crippen LogP contribution in [-0.2, 0) is 19.5 Å². The molecule has 1 aromatic carbocycles. The summed E-state index contributed by atoms with van der Waals surface area (Å²) in [5.41, 5.74) is 3.73. The van der Waals surface area contributed by atoms with Gasteiger partial charge in [-0.05, 0) is 52.3 Å². The molecule has 3 heterocycles. The zero-order chi connectivity index (χ0) is 22.7. The molecule has 0 saturated carbocycles. The maximum atomic E-state index is 13.2. The summed E-state index contributed by atoms with van der Waals surface area (Å²) in [6.07, 6.45) is 3.21. The Labute approximate surface area is 191 Å². The van der Waals surface area contributed by atoms with E-state index in [9.17, 15) is 9.90 Å². The summed E-state index contributed by atoms with van der Waals surface area (Å²) in [4.78, 5) is 18.3. The van der Waals surface area contributed by atoms with Crippen LogP contribution in [0.2, 0.25) is 0 Å². The van der Waals surface area contributed by atoms with Crippen molar-refractivity contribution in [3.8, 4) is 0 Å². The van der Waals surface area contributed by atoms with E-state index in [0.29, 0.717) is 24.3 Å². The monoisotopic (exact) mass is 439 g/mol.